The minimum Gasteiger partial charge on any atom is -0.497 e. The second-order valence-corrected chi connectivity index (χ2v) is 10.1. The SMILES string of the molecule is COc1ccc(Cn2c(=O)c3ccccc3n3c(CN4CCN(C(=O)CN5CCCC5)CC4)nnc23)cc1. The van der Waals surface area contributed by atoms with Gasteiger partial charge in [-0.25, -0.2) is 0 Å². The third-order valence-electron chi connectivity index (χ3n) is 7.72. The Balaban J connectivity index is 1.24. The van der Waals surface area contributed by atoms with Gasteiger partial charge in [-0.15, -0.1) is 10.2 Å². The maximum atomic E-state index is 13.5. The summed E-state index contributed by atoms with van der Waals surface area (Å²) < 4.78 is 8.97. The van der Waals surface area contributed by atoms with E-state index in [0.29, 0.717) is 43.9 Å². The number of nitrogens with zero attached hydrogens (tertiary/aromatic N) is 7. The lowest BCUT2D eigenvalue weighted by atomic mass is 10.2. The molecule has 4 heterocycles. The van der Waals surface area contributed by atoms with Crippen molar-refractivity contribution < 1.29 is 9.53 Å². The predicted molar refractivity (Wildman–Crippen MR) is 144 cm³/mol. The third-order valence-corrected chi connectivity index (χ3v) is 7.72. The molecule has 2 aliphatic heterocycles. The summed E-state index contributed by atoms with van der Waals surface area (Å²) in [5.74, 6) is 2.32. The van der Waals surface area contributed by atoms with Crippen molar-refractivity contribution in [3.63, 3.8) is 0 Å². The first-order valence-corrected chi connectivity index (χ1v) is 13.3. The summed E-state index contributed by atoms with van der Waals surface area (Å²) in [5, 5.41) is 9.65. The van der Waals surface area contributed by atoms with E-state index in [-0.39, 0.29) is 11.5 Å². The normalized spacial score (nSPS) is 17.0. The Bertz CT molecular complexity index is 1500. The largest absolute Gasteiger partial charge is 0.497 e. The molecule has 2 aliphatic rings. The zero-order valence-corrected chi connectivity index (χ0v) is 21.8. The molecule has 0 bridgehead atoms. The van der Waals surface area contributed by atoms with Crippen LogP contribution in [0.3, 0.4) is 0 Å². The molecule has 38 heavy (non-hydrogen) atoms. The quantitative estimate of drug-likeness (QED) is 0.371. The molecule has 0 saturated carbocycles. The number of likely N-dealkylation sites (tertiary alicyclic amines) is 1. The number of fused-ring (bicyclic) bond motifs is 3. The van der Waals surface area contributed by atoms with E-state index in [1.54, 1.807) is 11.7 Å². The van der Waals surface area contributed by atoms with E-state index in [2.05, 4.69) is 20.0 Å². The highest BCUT2D eigenvalue weighted by molar-refractivity contribution is 5.80. The van der Waals surface area contributed by atoms with Gasteiger partial charge in [0.15, 0.2) is 5.82 Å². The number of methoxy groups -OCH3 is 1. The lowest BCUT2D eigenvalue weighted by molar-refractivity contribution is -0.134. The van der Waals surface area contributed by atoms with Crippen molar-refractivity contribution in [2.45, 2.75) is 25.9 Å². The van der Waals surface area contributed by atoms with E-state index in [1.165, 1.54) is 12.8 Å². The molecule has 0 N–H and O–H groups in total. The topological polar surface area (TPSA) is 88.2 Å². The van der Waals surface area contributed by atoms with E-state index in [0.717, 1.165) is 48.8 Å². The molecule has 0 radical (unpaired) electrons. The predicted octanol–water partition coefficient (Wildman–Crippen LogP) is 1.84. The van der Waals surface area contributed by atoms with Crippen LogP contribution in [0.2, 0.25) is 0 Å². The van der Waals surface area contributed by atoms with Crippen LogP contribution in [0.1, 0.15) is 24.2 Å². The Morgan fingerprint density at radius 3 is 2.34 bits per heavy atom. The van der Waals surface area contributed by atoms with Crippen molar-refractivity contribution in [2.24, 2.45) is 0 Å². The number of amides is 1. The highest BCUT2D eigenvalue weighted by Gasteiger charge is 2.25. The molecule has 2 aromatic heterocycles. The van der Waals surface area contributed by atoms with Gasteiger partial charge in [0.25, 0.3) is 5.56 Å². The van der Waals surface area contributed by atoms with Crippen LogP contribution < -0.4 is 10.3 Å². The summed E-state index contributed by atoms with van der Waals surface area (Å²) in [6, 6.07) is 15.3. The van der Waals surface area contributed by atoms with Gasteiger partial charge >= 0.3 is 0 Å². The lowest BCUT2D eigenvalue weighted by Crippen LogP contribution is -2.50. The molecular weight excluding hydrogens is 482 g/mol. The van der Waals surface area contributed by atoms with E-state index >= 15 is 0 Å². The Hall–Kier alpha value is -3.76. The molecule has 198 valence electrons. The second kappa shape index (κ2) is 10.5. The van der Waals surface area contributed by atoms with Gasteiger partial charge < -0.3 is 9.64 Å². The first-order valence-electron chi connectivity index (χ1n) is 13.3. The number of hydrogen-bond donors (Lipinski definition) is 0. The first-order chi connectivity index (χ1) is 18.6. The lowest BCUT2D eigenvalue weighted by Gasteiger charge is -2.35. The average Bonchev–Trinajstić information content (AvgIpc) is 3.62. The maximum absolute atomic E-state index is 13.5. The number of hydrogen-bond acceptors (Lipinski definition) is 7. The smallest absolute Gasteiger partial charge is 0.263 e. The first kappa shape index (κ1) is 24.6. The van der Waals surface area contributed by atoms with Crippen molar-refractivity contribution in [1.29, 1.82) is 0 Å². The number of ether oxygens (including phenoxy) is 1. The molecule has 2 fully saturated rings. The zero-order chi connectivity index (χ0) is 26.1. The number of aromatic nitrogens is 4. The van der Waals surface area contributed by atoms with Crippen molar-refractivity contribution >= 4 is 22.6 Å². The number of benzene rings is 2. The van der Waals surface area contributed by atoms with Gasteiger partial charge in [-0.1, -0.05) is 24.3 Å². The summed E-state index contributed by atoms with van der Waals surface area (Å²) in [6.45, 7) is 6.57. The number of carbonyl (C=O) groups is 1. The molecule has 0 aliphatic carbocycles. The number of rotatable bonds is 7. The van der Waals surface area contributed by atoms with Crippen molar-refractivity contribution in [2.75, 3.05) is 52.9 Å². The molecule has 2 saturated heterocycles. The van der Waals surface area contributed by atoms with Gasteiger partial charge in [-0.3, -0.25) is 28.4 Å². The zero-order valence-electron chi connectivity index (χ0n) is 21.8. The van der Waals surface area contributed by atoms with Crippen LogP contribution in [-0.4, -0.2) is 92.7 Å². The molecule has 10 nitrogen and oxygen atoms in total. The summed E-state index contributed by atoms with van der Waals surface area (Å²) >= 11 is 0. The van der Waals surface area contributed by atoms with Gasteiger partial charge in [-0.05, 0) is 55.8 Å². The third kappa shape index (κ3) is 4.77. The summed E-state index contributed by atoms with van der Waals surface area (Å²) in [5.41, 5.74) is 1.69. The van der Waals surface area contributed by atoms with E-state index in [1.807, 2.05) is 57.8 Å². The van der Waals surface area contributed by atoms with Crippen LogP contribution in [0.25, 0.3) is 16.7 Å². The Morgan fingerprint density at radius 2 is 1.61 bits per heavy atom. The minimum absolute atomic E-state index is 0.0898. The van der Waals surface area contributed by atoms with E-state index < -0.39 is 0 Å². The van der Waals surface area contributed by atoms with Gasteiger partial charge in [-0.2, -0.15) is 0 Å². The highest BCUT2D eigenvalue weighted by Crippen LogP contribution is 2.19. The fraction of sp³-hybridized carbons (Fsp3) is 0.429. The second-order valence-electron chi connectivity index (χ2n) is 10.1. The van der Waals surface area contributed by atoms with E-state index in [9.17, 15) is 9.59 Å². The van der Waals surface area contributed by atoms with Gasteiger partial charge in [0.05, 0.1) is 37.6 Å². The molecule has 1 amide bonds. The van der Waals surface area contributed by atoms with Crippen molar-refractivity contribution in [3.8, 4) is 5.75 Å². The average molecular weight is 516 g/mol. The van der Waals surface area contributed by atoms with Crippen LogP contribution in [-0.2, 0) is 17.9 Å². The van der Waals surface area contributed by atoms with Crippen LogP contribution in [0.5, 0.6) is 5.75 Å². The van der Waals surface area contributed by atoms with Crippen molar-refractivity contribution in [1.82, 2.24) is 33.9 Å². The molecular formula is C28H33N7O3. The summed E-state index contributed by atoms with van der Waals surface area (Å²) in [7, 11) is 1.64. The minimum atomic E-state index is -0.0898. The van der Waals surface area contributed by atoms with Crippen LogP contribution in [0, 0.1) is 0 Å². The molecule has 6 rings (SSSR count). The summed E-state index contributed by atoms with van der Waals surface area (Å²) in [4.78, 5) is 32.8. The molecule has 0 unspecified atom stereocenters. The molecule has 4 aromatic rings. The van der Waals surface area contributed by atoms with Crippen LogP contribution in [0.4, 0.5) is 0 Å². The van der Waals surface area contributed by atoms with Crippen LogP contribution >= 0.6 is 0 Å². The summed E-state index contributed by atoms with van der Waals surface area (Å²) in [6.07, 6.45) is 2.38. The van der Waals surface area contributed by atoms with Gasteiger partial charge in [0.1, 0.15) is 5.75 Å². The Morgan fingerprint density at radius 1 is 0.868 bits per heavy atom. The number of para-hydroxylation sites is 1. The number of carbonyl (C=O) groups excluding carboxylic acids is 1. The highest BCUT2D eigenvalue weighted by atomic mass is 16.5. The van der Waals surface area contributed by atoms with Crippen molar-refractivity contribution in [3.05, 3.63) is 70.3 Å². The standard InChI is InChI=1S/C28H33N7O3/c1-38-22-10-8-21(9-11-22)18-34-27(37)23-6-2-3-7-24(23)35-25(29-30-28(34)35)19-32-14-16-33(17-15-32)26(36)20-31-12-4-5-13-31/h2-3,6-11H,4-5,12-20H2,1H3. The molecule has 2 aromatic carbocycles. The van der Waals surface area contributed by atoms with E-state index in [4.69, 9.17) is 4.74 Å². The fourth-order valence-electron chi connectivity index (χ4n) is 5.56. The molecule has 0 atom stereocenters. The fourth-order valence-corrected chi connectivity index (χ4v) is 5.56. The van der Waals surface area contributed by atoms with Crippen LogP contribution in [0.15, 0.2) is 53.3 Å². The maximum Gasteiger partial charge on any atom is 0.263 e. The molecule has 0 spiro atoms. The number of piperazine rings is 1. The Kier molecular flexibility index (Phi) is 6.82. The van der Waals surface area contributed by atoms with Gasteiger partial charge in [0, 0.05) is 26.2 Å². The Labute approximate surface area is 221 Å². The molecule has 10 heteroatoms. The monoisotopic (exact) mass is 515 g/mol. The van der Waals surface area contributed by atoms with Gasteiger partial charge in [0.2, 0.25) is 11.7 Å².